The van der Waals surface area contributed by atoms with Crippen molar-refractivity contribution in [2.75, 3.05) is 19.7 Å². The lowest BCUT2D eigenvalue weighted by molar-refractivity contribution is -0.132. The number of primary amides is 1. The van der Waals surface area contributed by atoms with Crippen LogP contribution in [0.1, 0.15) is 53.7 Å². The Morgan fingerprint density at radius 1 is 1.16 bits per heavy atom. The second-order valence-electron chi connectivity index (χ2n) is 8.23. The highest BCUT2D eigenvalue weighted by Gasteiger charge is 2.28. The number of ether oxygens (including phenoxy) is 1. The van der Waals surface area contributed by atoms with Gasteiger partial charge in [0, 0.05) is 30.8 Å². The van der Waals surface area contributed by atoms with Crippen molar-refractivity contribution >= 4 is 22.7 Å². The summed E-state index contributed by atoms with van der Waals surface area (Å²) in [7, 11) is 0. The summed E-state index contributed by atoms with van der Waals surface area (Å²) in [4.78, 5) is 31.8. The molecule has 1 aliphatic rings. The molecule has 1 aromatic heterocycles. The van der Waals surface area contributed by atoms with E-state index in [2.05, 4.69) is 0 Å². The lowest BCUT2D eigenvalue weighted by Gasteiger charge is -2.33. The number of benzene rings is 2. The molecule has 0 saturated carbocycles. The number of carbonyl (C=O) groups excluding carboxylic acids is 2. The van der Waals surface area contributed by atoms with Crippen molar-refractivity contribution in [3.8, 4) is 5.75 Å². The van der Waals surface area contributed by atoms with Gasteiger partial charge in [-0.15, -0.1) is 0 Å². The number of hydrogen-bond donors (Lipinski definition) is 1. The number of rotatable bonds is 7. The maximum atomic E-state index is 12.9. The molecule has 2 N–H and O–H groups in total. The fourth-order valence-corrected chi connectivity index (χ4v) is 4.39. The summed E-state index contributed by atoms with van der Waals surface area (Å²) in [5, 5.41) is 0.893. The lowest BCUT2D eigenvalue weighted by Crippen LogP contribution is -2.40. The molecule has 2 amide bonds. The number of pyridine rings is 1. The number of aryl methyl sites for hydroxylation is 1. The second-order valence-corrected chi connectivity index (χ2v) is 8.23. The number of carbonyl (C=O) groups is 2. The fraction of sp³-hybridized carbons (Fsp3) is 0.346. The summed E-state index contributed by atoms with van der Waals surface area (Å²) >= 11 is 0. The van der Waals surface area contributed by atoms with E-state index in [0.29, 0.717) is 37.3 Å². The molecule has 1 saturated heterocycles. The quantitative estimate of drug-likeness (QED) is 0.611. The first-order valence-electron chi connectivity index (χ1n) is 11.2. The van der Waals surface area contributed by atoms with Gasteiger partial charge in [-0.1, -0.05) is 30.3 Å². The normalized spacial score (nSPS) is 16.2. The molecule has 32 heavy (non-hydrogen) atoms. The first-order valence-corrected chi connectivity index (χ1v) is 11.2. The number of para-hydroxylation sites is 1. The van der Waals surface area contributed by atoms with Gasteiger partial charge in [0.15, 0.2) is 0 Å². The molecule has 0 radical (unpaired) electrons. The Labute approximate surface area is 188 Å². The third kappa shape index (κ3) is 4.90. The zero-order valence-electron chi connectivity index (χ0n) is 18.4. The van der Waals surface area contributed by atoms with Crippen LogP contribution in [0.25, 0.3) is 10.9 Å². The predicted octanol–water partition coefficient (Wildman–Crippen LogP) is 4.07. The molecule has 3 aromatic rings. The Morgan fingerprint density at radius 2 is 1.94 bits per heavy atom. The van der Waals surface area contributed by atoms with Crippen LogP contribution in [-0.2, 0) is 11.2 Å². The van der Waals surface area contributed by atoms with Crippen LogP contribution >= 0.6 is 0 Å². The summed E-state index contributed by atoms with van der Waals surface area (Å²) in [5.41, 5.74) is 8.80. The molecular formula is C26H29N3O3. The second kappa shape index (κ2) is 9.81. The van der Waals surface area contributed by atoms with Crippen molar-refractivity contribution < 1.29 is 14.3 Å². The number of nitrogens with zero attached hydrogens (tertiary/aromatic N) is 2. The van der Waals surface area contributed by atoms with E-state index >= 15 is 0 Å². The number of hydrogen-bond acceptors (Lipinski definition) is 4. The Bertz CT molecular complexity index is 1110. The molecule has 0 bridgehead atoms. The molecule has 2 aromatic carbocycles. The van der Waals surface area contributed by atoms with E-state index < -0.39 is 5.91 Å². The molecule has 6 nitrogen and oxygen atoms in total. The Morgan fingerprint density at radius 3 is 2.69 bits per heavy atom. The van der Waals surface area contributed by atoms with Crippen molar-refractivity contribution in [2.24, 2.45) is 5.73 Å². The van der Waals surface area contributed by atoms with Crippen LogP contribution in [0.15, 0.2) is 54.6 Å². The van der Waals surface area contributed by atoms with Gasteiger partial charge in [-0.3, -0.25) is 14.6 Å². The first kappa shape index (κ1) is 21.8. The van der Waals surface area contributed by atoms with Gasteiger partial charge in [-0.05, 0) is 56.0 Å². The molecule has 0 aliphatic carbocycles. The van der Waals surface area contributed by atoms with E-state index in [1.807, 2.05) is 66.4 Å². The molecule has 0 unspecified atom stereocenters. The van der Waals surface area contributed by atoms with Crippen molar-refractivity contribution in [3.05, 3.63) is 71.4 Å². The SMILES string of the molecule is CCOc1ccc(CCC(=O)N2CCC[C@H](c3nc4ccccc4cc3C(N)=O)C2)cc1. The monoisotopic (exact) mass is 431 g/mol. The number of piperidine rings is 1. The van der Waals surface area contributed by atoms with Gasteiger partial charge >= 0.3 is 0 Å². The van der Waals surface area contributed by atoms with Crippen LogP contribution in [-0.4, -0.2) is 41.4 Å². The summed E-state index contributed by atoms with van der Waals surface area (Å²) in [5.74, 6) is 0.502. The molecule has 6 heteroatoms. The number of fused-ring (bicyclic) bond motifs is 1. The Hall–Kier alpha value is -3.41. The van der Waals surface area contributed by atoms with Gasteiger partial charge in [0.2, 0.25) is 5.91 Å². The molecule has 4 rings (SSSR count). The van der Waals surface area contributed by atoms with Crippen molar-refractivity contribution in [2.45, 2.75) is 38.5 Å². The maximum Gasteiger partial charge on any atom is 0.250 e. The van der Waals surface area contributed by atoms with E-state index in [4.69, 9.17) is 15.5 Å². The van der Waals surface area contributed by atoms with Gasteiger partial charge in [-0.2, -0.15) is 0 Å². The zero-order chi connectivity index (χ0) is 22.5. The van der Waals surface area contributed by atoms with Gasteiger partial charge in [-0.25, -0.2) is 0 Å². The first-order chi connectivity index (χ1) is 15.5. The van der Waals surface area contributed by atoms with Crippen LogP contribution in [0.4, 0.5) is 0 Å². The molecule has 2 heterocycles. The van der Waals surface area contributed by atoms with Crippen molar-refractivity contribution in [1.82, 2.24) is 9.88 Å². The molecule has 1 aliphatic heterocycles. The number of likely N-dealkylation sites (tertiary alicyclic amines) is 1. The topological polar surface area (TPSA) is 85.5 Å². The van der Waals surface area contributed by atoms with Crippen LogP contribution in [0.2, 0.25) is 0 Å². The van der Waals surface area contributed by atoms with Gasteiger partial charge in [0.25, 0.3) is 5.91 Å². The number of amides is 2. The Balaban J connectivity index is 1.45. The van der Waals surface area contributed by atoms with Crippen LogP contribution in [0, 0.1) is 0 Å². The smallest absolute Gasteiger partial charge is 0.250 e. The zero-order valence-corrected chi connectivity index (χ0v) is 18.4. The van der Waals surface area contributed by atoms with Crippen molar-refractivity contribution in [1.29, 1.82) is 0 Å². The molecule has 0 spiro atoms. The fourth-order valence-electron chi connectivity index (χ4n) is 4.39. The predicted molar refractivity (Wildman–Crippen MR) is 125 cm³/mol. The minimum absolute atomic E-state index is 0.00489. The lowest BCUT2D eigenvalue weighted by atomic mass is 9.90. The average Bonchev–Trinajstić information content (AvgIpc) is 2.82. The van der Waals surface area contributed by atoms with Gasteiger partial charge in [0.1, 0.15) is 5.75 Å². The number of aromatic nitrogens is 1. The maximum absolute atomic E-state index is 12.9. The Kier molecular flexibility index (Phi) is 6.69. The molecule has 1 fully saturated rings. The third-order valence-electron chi connectivity index (χ3n) is 6.04. The molecule has 1 atom stereocenters. The van der Waals surface area contributed by atoms with E-state index in [1.165, 1.54) is 0 Å². The summed E-state index contributed by atoms with van der Waals surface area (Å²) in [6.45, 7) is 3.89. The van der Waals surface area contributed by atoms with Crippen molar-refractivity contribution in [3.63, 3.8) is 0 Å². The van der Waals surface area contributed by atoms with E-state index in [-0.39, 0.29) is 11.8 Å². The standard InChI is InChI=1S/C26H29N3O3/c1-2-32-21-12-9-18(10-13-21)11-14-24(30)29-15-5-7-20(17-29)25-22(26(27)31)16-19-6-3-4-8-23(19)28-25/h3-4,6,8-10,12-13,16,20H,2,5,7,11,14-15,17H2,1H3,(H2,27,31)/t20-/m0/s1. The van der Waals surface area contributed by atoms with E-state index in [9.17, 15) is 9.59 Å². The molecule has 166 valence electrons. The highest BCUT2D eigenvalue weighted by Crippen LogP contribution is 2.30. The number of nitrogens with two attached hydrogens (primary N) is 1. The largest absolute Gasteiger partial charge is 0.494 e. The minimum atomic E-state index is -0.475. The summed E-state index contributed by atoms with van der Waals surface area (Å²) in [6.07, 6.45) is 2.90. The van der Waals surface area contributed by atoms with Gasteiger partial charge < -0.3 is 15.4 Å². The van der Waals surface area contributed by atoms with Gasteiger partial charge in [0.05, 0.1) is 23.4 Å². The third-order valence-corrected chi connectivity index (χ3v) is 6.04. The van der Waals surface area contributed by atoms with Crippen LogP contribution < -0.4 is 10.5 Å². The van der Waals surface area contributed by atoms with Crippen LogP contribution in [0.5, 0.6) is 5.75 Å². The van der Waals surface area contributed by atoms with Crippen LogP contribution in [0.3, 0.4) is 0 Å². The minimum Gasteiger partial charge on any atom is -0.494 e. The summed E-state index contributed by atoms with van der Waals surface area (Å²) < 4.78 is 5.47. The highest BCUT2D eigenvalue weighted by molar-refractivity contribution is 5.97. The summed E-state index contributed by atoms with van der Waals surface area (Å²) in [6, 6.07) is 17.4. The van der Waals surface area contributed by atoms with E-state index in [1.54, 1.807) is 0 Å². The average molecular weight is 432 g/mol. The van der Waals surface area contributed by atoms with E-state index in [0.717, 1.165) is 41.6 Å². The molecular weight excluding hydrogens is 402 g/mol. The highest BCUT2D eigenvalue weighted by atomic mass is 16.5.